The molecule has 2 amide bonds. The molecule has 3 unspecified atom stereocenters. The Morgan fingerprint density at radius 2 is 1.95 bits per heavy atom. The van der Waals surface area contributed by atoms with Gasteiger partial charge in [0.15, 0.2) is 0 Å². The Labute approximate surface area is 248 Å². The van der Waals surface area contributed by atoms with E-state index in [0.717, 1.165) is 19.3 Å². The Morgan fingerprint density at radius 1 is 1.21 bits per heavy atom. The van der Waals surface area contributed by atoms with Gasteiger partial charge < -0.3 is 19.6 Å². The lowest BCUT2D eigenvalue weighted by Crippen LogP contribution is -2.55. The van der Waals surface area contributed by atoms with Crippen LogP contribution in [-0.2, 0) is 19.1 Å². The number of hydrogen-bond donors (Lipinski definition) is 1. The fraction of sp³-hybridized carbons (Fsp3) is 0.552. The van der Waals surface area contributed by atoms with Gasteiger partial charge in [0.1, 0.15) is 6.04 Å². The molecule has 0 saturated carbocycles. The predicted molar refractivity (Wildman–Crippen MR) is 159 cm³/mol. The van der Waals surface area contributed by atoms with Crippen molar-refractivity contribution in [2.75, 3.05) is 31.2 Å². The van der Waals surface area contributed by atoms with Crippen LogP contribution in [0.2, 0.25) is 5.02 Å². The molecule has 10 heteroatoms. The molecular formula is C29H36BrClN2O5S. The number of carbonyl (C=O) groups excluding carboxylic acids is 3. The maximum Gasteiger partial charge on any atom is 0.310 e. The van der Waals surface area contributed by atoms with Gasteiger partial charge in [0.05, 0.1) is 23.2 Å². The van der Waals surface area contributed by atoms with Crippen molar-refractivity contribution >= 4 is 62.8 Å². The molecule has 1 aromatic rings. The van der Waals surface area contributed by atoms with Crippen molar-refractivity contribution in [2.45, 2.75) is 59.4 Å². The molecule has 3 aliphatic heterocycles. The summed E-state index contributed by atoms with van der Waals surface area (Å²) < 4.78 is 4.93. The Balaban J connectivity index is 1.67. The number of carbonyl (C=O) groups is 3. The molecule has 1 N–H and O–H groups in total. The molecule has 0 aliphatic carbocycles. The van der Waals surface area contributed by atoms with Crippen LogP contribution in [0.3, 0.4) is 0 Å². The lowest BCUT2D eigenvalue weighted by molar-refractivity contribution is -0.154. The Kier molecular flexibility index (Phi) is 10.2. The van der Waals surface area contributed by atoms with Gasteiger partial charge in [-0.2, -0.15) is 0 Å². The first-order chi connectivity index (χ1) is 18.8. The van der Waals surface area contributed by atoms with E-state index in [1.165, 1.54) is 0 Å². The van der Waals surface area contributed by atoms with Gasteiger partial charge in [0, 0.05) is 40.5 Å². The van der Waals surface area contributed by atoms with Crippen LogP contribution in [0.5, 0.6) is 0 Å². The molecule has 212 valence electrons. The summed E-state index contributed by atoms with van der Waals surface area (Å²) in [4.78, 5) is 45.2. The molecule has 1 spiro atoms. The predicted octanol–water partition coefficient (Wildman–Crippen LogP) is 5.00. The fourth-order valence-electron chi connectivity index (χ4n) is 6.19. The lowest BCUT2D eigenvalue weighted by atomic mass is 9.71. The molecule has 2 bridgehead atoms. The highest BCUT2D eigenvalue weighted by Gasteiger charge is 2.76. The number of benzene rings is 1. The van der Waals surface area contributed by atoms with Crippen LogP contribution in [0.4, 0.5) is 5.69 Å². The van der Waals surface area contributed by atoms with Crippen LogP contribution in [0.1, 0.15) is 38.5 Å². The Hall–Kier alpha value is -1.81. The van der Waals surface area contributed by atoms with Crippen molar-refractivity contribution in [3.05, 3.63) is 54.6 Å². The van der Waals surface area contributed by atoms with E-state index in [9.17, 15) is 19.5 Å². The minimum Gasteiger partial charge on any atom is -0.465 e. The first-order valence-electron chi connectivity index (χ1n) is 13.5. The van der Waals surface area contributed by atoms with E-state index < -0.39 is 22.6 Å². The number of halogens is 2. The monoisotopic (exact) mass is 638 g/mol. The standard InChI is InChI=1S/C29H36BrClN2O5S/c1-3-5-6-9-17-38-28(37)22-23-26(35)33(15-7-8-16-34)25(29(23)18-21(30)24(22)39-29)27(36)32(14-4-2)20-12-10-19(31)11-13-20/h3-4,10-13,21-25,34H,1-2,5-9,14-18H2/t21?,22-,23+,24-,25?,29?/m1/s1. The zero-order valence-corrected chi connectivity index (χ0v) is 25.1. The number of rotatable bonds is 14. The van der Waals surface area contributed by atoms with Gasteiger partial charge in [-0.3, -0.25) is 14.4 Å². The van der Waals surface area contributed by atoms with E-state index in [0.29, 0.717) is 43.1 Å². The topological polar surface area (TPSA) is 87.2 Å². The van der Waals surface area contributed by atoms with Crippen LogP contribution < -0.4 is 4.90 Å². The van der Waals surface area contributed by atoms with Gasteiger partial charge in [-0.1, -0.05) is 39.7 Å². The Bertz CT molecular complexity index is 1090. The highest BCUT2D eigenvalue weighted by molar-refractivity contribution is 9.09. The van der Waals surface area contributed by atoms with Gasteiger partial charge in [-0.15, -0.1) is 24.9 Å². The van der Waals surface area contributed by atoms with E-state index in [1.54, 1.807) is 51.9 Å². The van der Waals surface area contributed by atoms with Crippen molar-refractivity contribution < 1.29 is 24.2 Å². The first kappa shape index (κ1) is 30.2. The number of ether oxygens (including phenoxy) is 1. The van der Waals surface area contributed by atoms with E-state index in [-0.39, 0.29) is 41.0 Å². The number of unbranched alkanes of at least 4 members (excludes halogenated alkanes) is 3. The van der Waals surface area contributed by atoms with Crippen LogP contribution >= 0.6 is 39.3 Å². The number of aliphatic hydroxyl groups excluding tert-OH is 1. The van der Waals surface area contributed by atoms with Crippen molar-refractivity contribution in [3.63, 3.8) is 0 Å². The Morgan fingerprint density at radius 3 is 2.62 bits per heavy atom. The number of hydrogen-bond acceptors (Lipinski definition) is 6. The zero-order chi connectivity index (χ0) is 28.2. The number of anilines is 1. The summed E-state index contributed by atoms with van der Waals surface area (Å²) in [5.74, 6) is -2.01. The molecule has 4 rings (SSSR count). The number of alkyl halides is 1. The van der Waals surface area contributed by atoms with Gasteiger partial charge in [0.2, 0.25) is 5.91 Å². The summed E-state index contributed by atoms with van der Waals surface area (Å²) in [5.41, 5.74) is 0.662. The summed E-state index contributed by atoms with van der Waals surface area (Å²) in [6.07, 6.45) is 7.64. The van der Waals surface area contributed by atoms with E-state index in [2.05, 4.69) is 29.1 Å². The second-order valence-corrected chi connectivity index (χ2v) is 13.4. The molecule has 3 heterocycles. The quantitative estimate of drug-likeness (QED) is 0.134. The van der Waals surface area contributed by atoms with Crippen LogP contribution in [0.25, 0.3) is 0 Å². The summed E-state index contributed by atoms with van der Waals surface area (Å²) in [6.45, 7) is 8.47. The van der Waals surface area contributed by atoms with Gasteiger partial charge in [-0.05, 0) is 62.8 Å². The number of allylic oxidation sites excluding steroid dienone is 1. The number of esters is 1. The summed E-state index contributed by atoms with van der Waals surface area (Å²) in [7, 11) is 0. The largest absolute Gasteiger partial charge is 0.465 e. The summed E-state index contributed by atoms with van der Waals surface area (Å²) in [5, 5.41) is 9.79. The first-order valence-corrected chi connectivity index (χ1v) is 15.7. The van der Waals surface area contributed by atoms with Gasteiger partial charge >= 0.3 is 5.97 Å². The normalized spacial score (nSPS) is 28.8. The van der Waals surface area contributed by atoms with E-state index in [4.69, 9.17) is 16.3 Å². The van der Waals surface area contributed by atoms with Crippen molar-refractivity contribution in [3.8, 4) is 0 Å². The molecule has 7 nitrogen and oxygen atoms in total. The average molecular weight is 640 g/mol. The third kappa shape index (κ3) is 5.83. The number of likely N-dealkylation sites (tertiary alicyclic amines) is 1. The lowest BCUT2D eigenvalue weighted by Gasteiger charge is -2.37. The number of fused-ring (bicyclic) bond motifs is 1. The zero-order valence-electron chi connectivity index (χ0n) is 22.0. The summed E-state index contributed by atoms with van der Waals surface area (Å²) >= 11 is 11.5. The number of thioether (sulfide) groups is 1. The van der Waals surface area contributed by atoms with Crippen LogP contribution in [-0.4, -0.2) is 75.0 Å². The SMILES string of the molecule is C=CCCCCOC(=O)[C@H]1[C@@H]2SC3(CC2Br)C(C(=O)N(CC=C)c2ccc(Cl)cc2)N(CCCCO)C(=O)[C@H]13. The van der Waals surface area contributed by atoms with E-state index >= 15 is 0 Å². The third-order valence-electron chi connectivity index (χ3n) is 7.87. The second kappa shape index (κ2) is 13.2. The third-order valence-corrected chi connectivity index (χ3v) is 11.3. The highest BCUT2D eigenvalue weighted by atomic mass is 79.9. The fourth-order valence-corrected chi connectivity index (χ4v) is 9.91. The molecule has 39 heavy (non-hydrogen) atoms. The molecule has 6 atom stereocenters. The maximum absolute atomic E-state index is 14.4. The highest BCUT2D eigenvalue weighted by Crippen LogP contribution is 2.68. The number of nitrogens with zero attached hydrogens (tertiary/aromatic N) is 2. The van der Waals surface area contributed by atoms with Crippen LogP contribution in [0, 0.1) is 11.8 Å². The minimum absolute atomic E-state index is 0.00365. The van der Waals surface area contributed by atoms with Crippen molar-refractivity contribution in [1.82, 2.24) is 4.90 Å². The van der Waals surface area contributed by atoms with Gasteiger partial charge in [-0.25, -0.2) is 0 Å². The molecular weight excluding hydrogens is 604 g/mol. The summed E-state index contributed by atoms with van der Waals surface area (Å²) in [6, 6.07) is 6.26. The smallest absolute Gasteiger partial charge is 0.310 e. The van der Waals surface area contributed by atoms with E-state index in [1.807, 2.05) is 6.08 Å². The second-order valence-electron chi connectivity index (χ2n) is 10.3. The van der Waals surface area contributed by atoms with Crippen molar-refractivity contribution in [1.29, 1.82) is 0 Å². The molecule has 3 fully saturated rings. The molecule has 1 aromatic carbocycles. The number of aliphatic hydroxyl groups is 1. The van der Waals surface area contributed by atoms with Crippen LogP contribution in [0.15, 0.2) is 49.6 Å². The number of amides is 2. The average Bonchev–Trinajstić information content (AvgIpc) is 3.51. The molecule has 0 aromatic heterocycles. The molecule has 3 aliphatic rings. The maximum atomic E-state index is 14.4. The minimum atomic E-state index is -0.759. The molecule has 0 radical (unpaired) electrons. The molecule has 3 saturated heterocycles. The van der Waals surface area contributed by atoms with Crippen molar-refractivity contribution in [2.24, 2.45) is 11.8 Å². The van der Waals surface area contributed by atoms with Gasteiger partial charge in [0.25, 0.3) is 5.91 Å².